The minimum absolute atomic E-state index is 0.586. The molecule has 1 aromatic heterocycles. The predicted molar refractivity (Wildman–Crippen MR) is 101 cm³/mol. The summed E-state index contributed by atoms with van der Waals surface area (Å²) in [6, 6.07) is 11.2. The molecule has 0 atom stereocenters. The zero-order valence-corrected chi connectivity index (χ0v) is 15.5. The highest BCUT2D eigenvalue weighted by Crippen LogP contribution is 2.26. The topological polar surface area (TPSA) is 28.4 Å². The molecule has 0 unspecified atom stereocenters. The summed E-state index contributed by atoms with van der Waals surface area (Å²) in [5.41, 5.74) is 2.29. The second-order valence-electron chi connectivity index (χ2n) is 8.09. The zero-order valence-electron chi connectivity index (χ0n) is 15.5. The van der Waals surface area contributed by atoms with Crippen molar-refractivity contribution in [3.63, 3.8) is 0 Å². The molecule has 0 aliphatic carbocycles. The van der Waals surface area contributed by atoms with E-state index in [4.69, 9.17) is 0 Å². The SMILES string of the molecule is CCCc1cc2ccccc2n1CC1CCN(CC(C)(C)O)CC1. The van der Waals surface area contributed by atoms with Gasteiger partial charge in [-0.05, 0) is 69.6 Å². The van der Waals surface area contributed by atoms with Gasteiger partial charge in [-0.15, -0.1) is 0 Å². The van der Waals surface area contributed by atoms with Crippen LogP contribution in [0.1, 0.15) is 45.7 Å². The van der Waals surface area contributed by atoms with Crippen molar-refractivity contribution in [2.45, 2.75) is 58.6 Å². The molecule has 1 N–H and O–H groups in total. The van der Waals surface area contributed by atoms with Crippen LogP contribution in [0.3, 0.4) is 0 Å². The molecule has 1 aliphatic heterocycles. The molecule has 2 aromatic rings. The molecule has 1 fully saturated rings. The molecule has 3 nitrogen and oxygen atoms in total. The number of fused-ring (bicyclic) bond motifs is 1. The molecule has 1 aromatic carbocycles. The lowest BCUT2D eigenvalue weighted by Crippen LogP contribution is -2.43. The summed E-state index contributed by atoms with van der Waals surface area (Å²) in [4.78, 5) is 2.41. The van der Waals surface area contributed by atoms with Gasteiger partial charge in [0, 0.05) is 24.3 Å². The summed E-state index contributed by atoms with van der Waals surface area (Å²) in [5, 5.41) is 11.4. The van der Waals surface area contributed by atoms with E-state index in [0.29, 0.717) is 0 Å². The van der Waals surface area contributed by atoms with Crippen molar-refractivity contribution in [2.75, 3.05) is 19.6 Å². The monoisotopic (exact) mass is 328 g/mol. The molecule has 24 heavy (non-hydrogen) atoms. The van der Waals surface area contributed by atoms with Gasteiger partial charge in [0.15, 0.2) is 0 Å². The van der Waals surface area contributed by atoms with Crippen molar-refractivity contribution >= 4 is 10.9 Å². The van der Waals surface area contributed by atoms with Gasteiger partial charge in [0.1, 0.15) is 0 Å². The van der Waals surface area contributed by atoms with Gasteiger partial charge in [-0.2, -0.15) is 0 Å². The van der Waals surface area contributed by atoms with Gasteiger partial charge in [0.25, 0.3) is 0 Å². The van der Waals surface area contributed by atoms with Crippen LogP contribution in [0.2, 0.25) is 0 Å². The van der Waals surface area contributed by atoms with Gasteiger partial charge in [0.05, 0.1) is 5.60 Å². The van der Waals surface area contributed by atoms with Crippen molar-refractivity contribution in [3.8, 4) is 0 Å². The highest BCUT2D eigenvalue weighted by Gasteiger charge is 2.24. The summed E-state index contributed by atoms with van der Waals surface area (Å²) in [6.45, 7) is 10.2. The Labute approximate surface area is 146 Å². The lowest BCUT2D eigenvalue weighted by Gasteiger charge is -2.35. The van der Waals surface area contributed by atoms with Gasteiger partial charge >= 0.3 is 0 Å². The minimum atomic E-state index is -0.586. The molecule has 0 amide bonds. The molecule has 0 saturated carbocycles. The molecule has 0 radical (unpaired) electrons. The number of hydrogen-bond acceptors (Lipinski definition) is 2. The number of para-hydroxylation sites is 1. The molecule has 1 saturated heterocycles. The van der Waals surface area contributed by atoms with Crippen molar-refractivity contribution in [2.24, 2.45) is 5.92 Å². The van der Waals surface area contributed by atoms with E-state index in [0.717, 1.165) is 38.5 Å². The van der Waals surface area contributed by atoms with E-state index >= 15 is 0 Å². The number of likely N-dealkylation sites (tertiary alicyclic amines) is 1. The van der Waals surface area contributed by atoms with Crippen LogP contribution in [0, 0.1) is 5.92 Å². The first-order valence-electron chi connectivity index (χ1n) is 9.48. The quantitative estimate of drug-likeness (QED) is 0.865. The molecule has 0 bridgehead atoms. The third kappa shape index (κ3) is 4.20. The summed E-state index contributed by atoms with van der Waals surface area (Å²) < 4.78 is 2.56. The number of hydrogen-bond donors (Lipinski definition) is 1. The standard InChI is InChI=1S/C21H32N2O/c1-4-7-19-14-18-8-5-6-9-20(18)23(19)15-17-10-12-22(13-11-17)16-21(2,3)24/h5-6,8-9,14,17,24H,4,7,10-13,15-16H2,1-3H3. The number of piperidine rings is 1. The third-order valence-corrected chi connectivity index (χ3v) is 5.16. The smallest absolute Gasteiger partial charge is 0.0718 e. The minimum Gasteiger partial charge on any atom is -0.389 e. The third-order valence-electron chi connectivity index (χ3n) is 5.16. The fraction of sp³-hybridized carbons (Fsp3) is 0.619. The van der Waals surface area contributed by atoms with Crippen LogP contribution in [0.4, 0.5) is 0 Å². The number of rotatable bonds is 6. The fourth-order valence-corrected chi connectivity index (χ4v) is 4.08. The van der Waals surface area contributed by atoms with E-state index in [-0.39, 0.29) is 0 Å². The summed E-state index contributed by atoms with van der Waals surface area (Å²) >= 11 is 0. The summed E-state index contributed by atoms with van der Waals surface area (Å²) in [5.74, 6) is 0.745. The number of aryl methyl sites for hydroxylation is 1. The molecule has 132 valence electrons. The van der Waals surface area contributed by atoms with Gasteiger partial charge in [-0.25, -0.2) is 0 Å². The maximum atomic E-state index is 10.0. The zero-order chi connectivity index (χ0) is 17.2. The maximum absolute atomic E-state index is 10.0. The Morgan fingerprint density at radius 1 is 1.17 bits per heavy atom. The van der Waals surface area contributed by atoms with Crippen molar-refractivity contribution in [1.82, 2.24) is 9.47 Å². The molecule has 3 heteroatoms. The Bertz CT molecular complexity index is 660. The Balaban J connectivity index is 1.69. The van der Waals surface area contributed by atoms with E-state index < -0.39 is 5.60 Å². The molecular weight excluding hydrogens is 296 g/mol. The van der Waals surface area contributed by atoms with Crippen LogP contribution >= 0.6 is 0 Å². The Morgan fingerprint density at radius 3 is 2.54 bits per heavy atom. The first-order valence-corrected chi connectivity index (χ1v) is 9.48. The predicted octanol–water partition coefficient (Wildman–Crippen LogP) is 4.08. The van der Waals surface area contributed by atoms with Crippen LogP contribution in [0.25, 0.3) is 10.9 Å². The van der Waals surface area contributed by atoms with Crippen molar-refractivity contribution in [1.29, 1.82) is 0 Å². The van der Waals surface area contributed by atoms with Gasteiger partial charge in [-0.1, -0.05) is 31.5 Å². The largest absolute Gasteiger partial charge is 0.389 e. The number of aliphatic hydroxyl groups is 1. The van der Waals surface area contributed by atoms with Crippen LogP contribution < -0.4 is 0 Å². The van der Waals surface area contributed by atoms with Crippen LogP contribution in [-0.2, 0) is 13.0 Å². The van der Waals surface area contributed by atoms with E-state index in [2.05, 4.69) is 46.7 Å². The van der Waals surface area contributed by atoms with E-state index in [1.807, 2.05) is 13.8 Å². The number of benzene rings is 1. The Kier molecular flexibility index (Phi) is 5.31. The van der Waals surface area contributed by atoms with E-state index in [1.54, 1.807) is 0 Å². The fourth-order valence-electron chi connectivity index (χ4n) is 4.08. The first kappa shape index (κ1) is 17.5. The maximum Gasteiger partial charge on any atom is 0.0718 e. The number of nitrogens with zero attached hydrogens (tertiary/aromatic N) is 2. The number of β-amino-alcohol motifs (C(OH)–C–C–N with tert-alkyl or cyclic N) is 1. The van der Waals surface area contributed by atoms with Gasteiger partial charge in [-0.3, -0.25) is 0 Å². The van der Waals surface area contributed by atoms with E-state index in [1.165, 1.54) is 35.9 Å². The molecule has 3 rings (SSSR count). The van der Waals surface area contributed by atoms with Gasteiger partial charge < -0.3 is 14.6 Å². The second kappa shape index (κ2) is 7.28. The van der Waals surface area contributed by atoms with E-state index in [9.17, 15) is 5.11 Å². The van der Waals surface area contributed by atoms with Crippen molar-refractivity contribution < 1.29 is 5.11 Å². The van der Waals surface area contributed by atoms with Crippen LogP contribution in [0.5, 0.6) is 0 Å². The van der Waals surface area contributed by atoms with Crippen LogP contribution in [-0.4, -0.2) is 39.8 Å². The lowest BCUT2D eigenvalue weighted by atomic mass is 9.95. The molecular formula is C21H32N2O. The second-order valence-corrected chi connectivity index (χ2v) is 8.09. The average molecular weight is 329 g/mol. The normalized spacial score (nSPS) is 17.7. The highest BCUT2D eigenvalue weighted by molar-refractivity contribution is 5.81. The highest BCUT2D eigenvalue weighted by atomic mass is 16.3. The molecule has 1 aliphatic rings. The van der Waals surface area contributed by atoms with Gasteiger partial charge in [0.2, 0.25) is 0 Å². The van der Waals surface area contributed by atoms with Crippen molar-refractivity contribution in [3.05, 3.63) is 36.0 Å². The summed E-state index contributed by atoms with van der Waals surface area (Å²) in [7, 11) is 0. The number of aromatic nitrogens is 1. The average Bonchev–Trinajstić information content (AvgIpc) is 2.86. The Hall–Kier alpha value is -1.32. The lowest BCUT2D eigenvalue weighted by molar-refractivity contribution is 0.0234. The summed E-state index contributed by atoms with van der Waals surface area (Å²) in [6.07, 6.45) is 4.81. The molecule has 0 spiro atoms. The molecule has 2 heterocycles. The van der Waals surface area contributed by atoms with Crippen LogP contribution in [0.15, 0.2) is 30.3 Å². The Morgan fingerprint density at radius 2 is 1.88 bits per heavy atom. The first-order chi connectivity index (χ1) is 11.5.